The van der Waals surface area contributed by atoms with Crippen LogP contribution in [0, 0.1) is 5.41 Å². The van der Waals surface area contributed by atoms with Crippen LogP contribution in [-0.4, -0.2) is 29.1 Å². The fourth-order valence-corrected chi connectivity index (χ4v) is 1.69. The highest BCUT2D eigenvalue weighted by atomic mass is 16.4. The van der Waals surface area contributed by atoms with Crippen LogP contribution in [0.25, 0.3) is 0 Å². The van der Waals surface area contributed by atoms with Gasteiger partial charge >= 0.3 is 5.97 Å². The first-order chi connectivity index (χ1) is 8.16. The number of anilines is 2. The summed E-state index contributed by atoms with van der Waals surface area (Å²) in [5.41, 5.74) is 6.23. The molecule has 1 atom stereocenters. The molecule has 1 aromatic heterocycles. The van der Waals surface area contributed by atoms with Crippen molar-refractivity contribution in [1.29, 1.82) is 0 Å². The second-order valence-corrected chi connectivity index (χ2v) is 5.55. The van der Waals surface area contributed by atoms with Gasteiger partial charge in [0.2, 0.25) is 0 Å². The molecule has 0 radical (unpaired) electrons. The van der Waals surface area contributed by atoms with Gasteiger partial charge in [-0.1, -0.05) is 20.8 Å². The number of hydrogen-bond donors (Lipinski definition) is 2. The van der Waals surface area contributed by atoms with Crippen LogP contribution in [0.5, 0.6) is 0 Å². The van der Waals surface area contributed by atoms with Gasteiger partial charge in [0, 0.05) is 19.3 Å². The van der Waals surface area contributed by atoms with E-state index in [-0.39, 0.29) is 22.7 Å². The molecule has 0 saturated carbocycles. The Balaban J connectivity index is 3.18. The number of aromatic carboxylic acids is 1. The van der Waals surface area contributed by atoms with Gasteiger partial charge in [0.25, 0.3) is 0 Å². The fraction of sp³-hybridized carbons (Fsp3) is 0.538. The van der Waals surface area contributed by atoms with E-state index in [1.807, 2.05) is 11.9 Å². The zero-order valence-electron chi connectivity index (χ0n) is 11.6. The Morgan fingerprint density at radius 2 is 2.06 bits per heavy atom. The molecule has 0 aliphatic carbocycles. The highest BCUT2D eigenvalue weighted by Crippen LogP contribution is 2.30. The van der Waals surface area contributed by atoms with Crippen molar-refractivity contribution in [2.24, 2.45) is 5.41 Å². The number of nitrogens with zero attached hydrogens (tertiary/aromatic N) is 2. The Morgan fingerprint density at radius 3 is 2.50 bits per heavy atom. The molecule has 1 aromatic rings. The fourth-order valence-electron chi connectivity index (χ4n) is 1.69. The monoisotopic (exact) mass is 251 g/mol. The van der Waals surface area contributed by atoms with Crippen molar-refractivity contribution in [3.8, 4) is 0 Å². The van der Waals surface area contributed by atoms with E-state index in [0.717, 1.165) is 0 Å². The molecule has 18 heavy (non-hydrogen) atoms. The van der Waals surface area contributed by atoms with E-state index in [0.29, 0.717) is 5.82 Å². The molecule has 5 heteroatoms. The molecular formula is C13H21N3O2. The number of carbonyl (C=O) groups is 1. The Morgan fingerprint density at radius 1 is 1.50 bits per heavy atom. The summed E-state index contributed by atoms with van der Waals surface area (Å²) in [5, 5.41) is 9.04. The quantitative estimate of drug-likeness (QED) is 0.861. The van der Waals surface area contributed by atoms with E-state index in [1.54, 1.807) is 0 Å². The molecule has 1 heterocycles. The number of carboxylic acids is 1. The molecule has 1 rings (SSSR count). The van der Waals surface area contributed by atoms with Crippen LogP contribution in [0.4, 0.5) is 11.5 Å². The summed E-state index contributed by atoms with van der Waals surface area (Å²) in [6.45, 7) is 8.41. The third-order valence-corrected chi connectivity index (χ3v) is 3.37. The van der Waals surface area contributed by atoms with Crippen LogP contribution < -0.4 is 10.6 Å². The van der Waals surface area contributed by atoms with E-state index in [9.17, 15) is 4.79 Å². The minimum Gasteiger partial charge on any atom is -0.478 e. The van der Waals surface area contributed by atoms with Crippen LogP contribution in [0.2, 0.25) is 0 Å². The summed E-state index contributed by atoms with van der Waals surface area (Å²) in [6.07, 6.45) is 1.47. The lowest BCUT2D eigenvalue weighted by molar-refractivity contribution is 0.0698. The molecule has 3 N–H and O–H groups in total. The lowest BCUT2D eigenvalue weighted by Gasteiger charge is -2.36. The van der Waals surface area contributed by atoms with Crippen LogP contribution in [0.3, 0.4) is 0 Å². The second-order valence-electron chi connectivity index (χ2n) is 5.55. The molecule has 0 aliphatic heterocycles. The lowest BCUT2D eigenvalue weighted by atomic mass is 9.87. The number of carboxylic acid groups (broad SMARTS) is 1. The van der Waals surface area contributed by atoms with Gasteiger partial charge in [-0.2, -0.15) is 0 Å². The van der Waals surface area contributed by atoms with Gasteiger partial charge in [-0.3, -0.25) is 0 Å². The number of nitrogen functional groups attached to an aromatic ring is 1. The SMILES string of the molecule is CC(N(C)c1nccc(C(=O)O)c1N)C(C)(C)C. The van der Waals surface area contributed by atoms with Gasteiger partial charge in [0.1, 0.15) is 0 Å². The van der Waals surface area contributed by atoms with Crippen LogP contribution in [0.1, 0.15) is 38.1 Å². The zero-order valence-corrected chi connectivity index (χ0v) is 11.6. The van der Waals surface area contributed by atoms with Crippen molar-refractivity contribution >= 4 is 17.5 Å². The molecule has 0 bridgehead atoms. The van der Waals surface area contributed by atoms with E-state index in [4.69, 9.17) is 10.8 Å². The largest absolute Gasteiger partial charge is 0.478 e. The molecular weight excluding hydrogens is 230 g/mol. The van der Waals surface area contributed by atoms with Crippen LogP contribution >= 0.6 is 0 Å². The molecule has 0 saturated heterocycles. The summed E-state index contributed by atoms with van der Waals surface area (Å²) in [5.74, 6) is -0.523. The molecule has 0 aromatic carbocycles. The highest BCUT2D eigenvalue weighted by molar-refractivity contribution is 5.96. The first-order valence-electron chi connectivity index (χ1n) is 5.87. The maximum absolute atomic E-state index is 11.0. The number of rotatable bonds is 3. The molecule has 5 nitrogen and oxygen atoms in total. The molecule has 0 spiro atoms. The normalized spacial score (nSPS) is 13.2. The van der Waals surface area contributed by atoms with Gasteiger partial charge in [0.15, 0.2) is 5.82 Å². The van der Waals surface area contributed by atoms with Gasteiger partial charge in [-0.05, 0) is 18.4 Å². The summed E-state index contributed by atoms with van der Waals surface area (Å²) >= 11 is 0. The smallest absolute Gasteiger partial charge is 0.337 e. The zero-order chi connectivity index (χ0) is 14.1. The first kappa shape index (κ1) is 14.3. The van der Waals surface area contributed by atoms with Crippen molar-refractivity contribution in [1.82, 2.24) is 4.98 Å². The third-order valence-electron chi connectivity index (χ3n) is 3.37. The molecule has 0 fully saturated rings. The predicted octanol–water partition coefficient (Wildman–Crippen LogP) is 2.23. The van der Waals surface area contributed by atoms with Crippen molar-refractivity contribution in [2.75, 3.05) is 17.7 Å². The van der Waals surface area contributed by atoms with Crippen molar-refractivity contribution in [3.63, 3.8) is 0 Å². The van der Waals surface area contributed by atoms with Crippen molar-refractivity contribution in [2.45, 2.75) is 33.7 Å². The number of aromatic nitrogens is 1. The summed E-state index contributed by atoms with van der Waals surface area (Å²) in [6, 6.07) is 1.59. The summed E-state index contributed by atoms with van der Waals surface area (Å²) in [7, 11) is 1.88. The molecule has 1 unspecified atom stereocenters. The molecule has 100 valence electrons. The number of pyridine rings is 1. The van der Waals surface area contributed by atoms with Gasteiger partial charge in [-0.15, -0.1) is 0 Å². The first-order valence-corrected chi connectivity index (χ1v) is 5.87. The van der Waals surface area contributed by atoms with E-state index >= 15 is 0 Å². The molecule has 0 aliphatic rings. The van der Waals surface area contributed by atoms with E-state index in [1.165, 1.54) is 12.3 Å². The molecule has 0 amide bonds. The van der Waals surface area contributed by atoms with Crippen LogP contribution in [-0.2, 0) is 0 Å². The van der Waals surface area contributed by atoms with Crippen molar-refractivity contribution < 1.29 is 9.90 Å². The highest BCUT2D eigenvalue weighted by Gasteiger charge is 2.26. The average Bonchev–Trinajstić information content (AvgIpc) is 2.25. The number of nitrogens with two attached hydrogens (primary N) is 1. The lowest BCUT2D eigenvalue weighted by Crippen LogP contribution is -2.40. The summed E-state index contributed by atoms with van der Waals surface area (Å²) in [4.78, 5) is 17.1. The minimum absolute atomic E-state index is 0.0437. The second kappa shape index (κ2) is 4.84. The van der Waals surface area contributed by atoms with Gasteiger partial charge in [-0.25, -0.2) is 9.78 Å². The summed E-state index contributed by atoms with van der Waals surface area (Å²) < 4.78 is 0. The topological polar surface area (TPSA) is 79.5 Å². The average molecular weight is 251 g/mol. The Hall–Kier alpha value is -1.78. The standard InChI is InChI=1S/C13H21N3O2/c1-8(13(2,3)4)16(5)11-10(14)9(12(17)18)6-7-15-11/h6-8H,14H2,1-5H3,(H,17,18). The maximum Gasteiger partial charge on any atom is 0.337 e. The van der Waals surface area contributed by atoms with Gasteiger partial charge in [0.05, 0.1) is 11.3 Å². The Labute approximate surface area is 108 Å². The van der Waals surface area contributed by atoms with Crippen LogP contribution in [0.15, 0.2) is 12.3 Å². The maximum atomic E-state index is 11.0. The van der Waals surface area contributed by atoms with Gasteiger partial charge < -0.3 is 15.7 Å². The third kappa shape index (κ3) is 2.72. The van der Waals surface area contributed by atoms with E-state index < -0.39 is 5.97 Å². The Bertz CT molecular complexity index is 452. The Kier molecular flexibility index (Phi) is 3.84. The van der Waals surface area contributed by atoms with Crippen molar-refractivity contribution in [3.05, 3.63) is 17.8 Å². The van der Waals surface area contributed by atoms with E-state index in [2.05, 4.69) is 32.7 Å². The number of hydrogen-bond acceptors (Lipinski definition) is 4. The minimum atomic E-state index is -1.03. The predicted molar refractivity (Wildman–Crippen MR) is 72.9 cm³/mol.